The summed E-state index contributed by atoms with van der Waals surface area (Å²) in [5.41, 5.74) is 7.95. The first-order chi connectivity index (χ1) is 15.4. The van der Waals surface area contributed by atoms with Crippen molar-refractivity contribution in [2.75, 3.05) is 23.3 Å². The molecule has 32 heavy (non-hydrogen) atoms. The summed E-state index contributed by atoms with van der Waals surface area (Å²) in [5, 5.41) is 15.4. The van der Waals surface area contributed by atoms with Gasteiger partial charge in [0.05, 0.1) is 0 Å². The Bertz CT molecular complexity index is 1010. The average Bonchev–Trinajstić information content (AvgIpc) is 3.12. The van der Waals surface area contributed by atoms with Crippen molar-refractivity contribution in [1.29, 1.82) is 5.41 Å². The number of rotatable bonds is 7. The smallest absolute Gasteiger partial charge is 0.407 e. The maximum absolute atomic E-state index is 12.7. The Morgan fingerprint density at radius 1 is 1.22 bits per heavy atom. The van der Waals surface area contributed by atoms with Gasteiger partial charge >= 0.3 is 12.1 Å². The lowest BCUT2D eigenvalue weighted by atomic mass is 10.2. The van der Waals surface area contributed by atoms with Crippen LogP contribution in [0.2, 0.25) is 0 Å². The van der Waals surface area contributed by atoms with Gasteiger partial charge in [0.25, 0.3) is 0 Å². The van der Waals surface area contributed by atoms with E-state index in [4.69, 9.17) is 15.9 Å². The van der Waals surface area contributed by atoms with Gasteiger partial charge in [-0.25, -0.2) is 9.59 Å². The number of amidine groups is 1. The largest absolute Gasteiger partial charge is 0.445 e. The minimum Gasteiger partial charge on any atom is -0.445 e. The minimum absolute atomic E-state index is 0.0413. The first kappa shape index (κ1) is 22.6. The van der Waals surface area contributed by atoms with Crippen molar-refractivity contribution in [3.63, 3.8) is 0 Å². The molecule has 1 unspecified atom stereocenters. The second kappa shape index (κ2) is 10.3. The zero-order valence-corrected chi connectivity index (χ0v) is 17.7. The fourth-order valence-corrected chi connectivity index (χ4v) is 3.30. The third kappa shape index (κ3) is 5.75. The predicted octanol–water partition coefficient (Wildman–Crippen LogP) is 2.14. The van der Waals surface area contributed by atoms with E-state index < -0.39 is 18.2 Å². The summed E-state index contributed by atoms with van der Waals surface area (Å²) >= 11 is 0. The maximum Gasteiger partial charge on any atom is 0.407 e. The number of ether oxygens (including phenoxy) is 1. The van der Waals surface area contributed by atoms with E-state index in [1.807, 2.05) is 0 Å². The molecule has 3 rings (SSSR count). The van der Waals surface area contributed by atoms with Crippen LogP contribution in [0.25, 0.3) is 0 Å². The molecule has 0 spiro atoms. The second-order valence-corrected chi connectivity index (χ2v) is 7.20. The first-order valence-corrected chi connectivity index (χ1v) is 10.2. The van der Waals surface area contributed by atoms with Crippen molar-refractivity contribution >= 4 is 35.2 Å². The number of carbonyl (C=O) groups is 3. The van der Waals surface area contributed by atoms with E-state index in [2.05, 4.69) is 16.0 Å². The van der Waals surface area contributed by atoms with Crippen molar-refractivity contribution in [3.05, 3.63) is 59.7 Å². The van der Waals surface area contributed by atoms with Crippen LogP contribution >= 0.6 is 0 Å². The van der Waals surface area contributed by atoms with Crippen molar-refractivity contribution in [2.45, 2.75) is 26.0 Å². The van der Waals surface area contributed by atoms with Crippen LogP contribution in [0.5, 0.6) is 0 Å². The number of benzene rings is 2. The molecule has 1 heterocycles. The summed E-state index contributed by atoms with van der Waals surface area (Å²) in [6, 6.07) is 12.6. The molecule has 1 aliphatic rings. The molecule has 1 atom stereocenters. The molecule has 1 fully saturated rings. The normalized spacial score (nSPS) is 15.2. The highest BCUT2D eigenvalue weighted by Gasteiger charge is 2.33. The van der Waals surface area contributed by atoms with Crippen molar-refractivity contribution in [3.8, 4) is 0 Å². The van der Waals surface area contributed by atoms with Crippen LogP contribution in [0.15, 0.2) is 48.5 Å². The summed E-state index contributed by atoms with van der Waals surface area (Å²) in [6.07, 6.45) is -0.0370. The van der Waals surface area contributed by atoms with E-state index in [9.17, 15) is 14.4 Å². The van der Waals surface area contributed by atoms with Gasteiger partial charge in [0.15, 0.2) is 0 Å². The van der Waals surface area contributed by atoms with E-state index in [-0.39, 0.29) is 18.3 Å². The van der Waals surface area contributed by atoms with Crippen LogP contribution in [-0.2, 0) is 16.1 Å². The number of hydrogen-bond acceptors (Lipinski definition) is 5. The molecule has 2 aromatic carbocycles. The molecule has 0 aromatic heterocycles. The molecule has 10 nitrogen and oxygen atoms in total. The molecule has 6 N–H and O–H groups in total. The lowest BCUT2D eigenvalue weighted by Gasteiger charge is -2.18. The van der Waals surface area contributed by atoms with Gasteiger partial charge in [-0.2, -0.15) is 0 Å². The number of hydrogen-bond donors (Lipinski definition) is 5. The first-order valence-electron chi connectivity index (χ1n) is 10.2. The Balaban J connectivity index is 1.54. The molecule has 1 aliphatic heterocycles. The van der Waals surface area contributed by atoms with Gasteiger partial charge in [0.2, 0.25) is 5.91 Å². The third-order valence-corrected chi connectivity index (χ3v) is 4.88. The van der Waals surface area contributed by atoms with Crippen molar-refractivity contribution in [1.82, 2.24) is 10.6 Å². The van der Waals surface area contributed by atoms with Crippen LogP contribution in [-0.4, -0.2) is 43.0 Å². The lowest BCUT2D eigenvalue weighted by Crippen LogP contribution is -2.43. The van der Waals surface area contributed by atoms with E-state index >= 15 is 0 Å². The zero-order chi connectivity index (χ0) is 23.1. The fraction of sp³-hybridized carbons (Fsp3) is 0.273. The van der Waals surface area contributed by atoms with E-state index in [0.717, 1.165) is 0 Å². The molecule has 0 bridgehead atoms. The standard InChI is InChI=1S/C22H26N6O4/c1-2-25-22(31)32-13-14-4-3-5-16(12-14)26-21(30)27-18-10-11-28(20(18)29)17-8-6-15(7-9-17)19(23)24/h3-9,12,18H,2,10-11,13H2,1H3,(H3,23,24)(H,25,31)(H2,26,27,30). The third-order valence-electron chi connectivity index (χ3n) is 4.88. The van der Waals surface area contributed by atoms with Gasteiger partial charge in [-0.3, -0.25) is 10.2 Å². The van der Waals surface area contributed by atoms with Crippen LogP contribution in [0, 0.1) is 5.41 Å². The summed E-state index contributed by atoms with van der Waals surface area (Å²) in [4.78, 5) is 38.2. The maximum atomic E-state index is 12.7. The number of nitrogen functional groups attached to an aromatic ring is 1. The number of alkyl carbamates (subject to hydrolysis) is 1. The van der Waals surface area contributed by atoms with Crippen LogP contribution in [0.3, 0.4) is 0 Å². The van der Waals surface area contributed by atoms with Crippen molar-refractivity contribution in [2.24, 2.45) is 5.73 Å². The molecule has 0 radical (unpaired) electrons. The molecule has 0 saturated carbocycles. The molecule has 4 amide bonds. The van der Waals surface area contributed by atoms with E-state index in [1.54, 1.807) is 60.4 Å². The molecular formula is C22H26N6O4. The molecule has 168 valence electrons. The van der Waals surface area contributed by atoms with Gasteiger partial charge in [-0.1, -0.05) is 12.1 Å². The number of nitrogens with one attached hydrogen (secondary N) is 4. The molecule has 10 heteroatoms. The number of nitrogens with zero attached hydrogens (tertiary/aromatic N) is 1. The second-order valence-electron chi connectivity index (χ2n) is 7.20. The Morgan fingerprint density at radius 3 is 2.66 bits per heavy atom. The van der Waals surface area contributed by atoms with Gasteiger partial charge in [-0.05, 0) is 55.3 Å². The fourth-order valence-electron chi connectivity index (χ4n) is 3.30. The highest BCUT2D eigenvalue weighted by atomic mass is 16.5. The Hall–Kier alpha value is -4.08. The Kier molecular flexibility index (Phi) is 7.27. The van der Waals surface area contributed by atoms with Crippen LogP contribution in [0.4, 0.5) is 21.0 Å². The summed E-state index contributed by atoms with van der Waals surface area (Å²) in [6.45, 7) is 2.81. The molecule has 2 aromatic rings. The van der Waals surface area contributed by atoms with E-state index in [1.165, 1.54) is 0 Å². The number of anilines is 2. The number of amides is 4. The topological polar surface area (TPSA) is 150 Å². The van der Waals surface area contributed by atoms with Gasteiger partial charge < -0.3 is 31.3 Å². The quantitative estimate of drug-likeness (QED) is 0.332. The Morgan fingerprint density at radius 2 is 1.97 bits per heavy atom. The Labute approximate surface area is 185 Å². The minimum atomic E-state index is -0.647. The van der Waals surface area contributed by atoms with Gasteiger partial charge in [0.1, 0.15) is 18.5 Å². The number of urea groups is 1. The number of nitrogens with two attached hydrogens (primary N) is 1. The van der Waals surface area contributed by atoms with Crippen molar-refractivity contribution < 1.29 is 19.1 Å². The van der Waals surface area contributed by atoms with Crippen LogP contribution in [0.1, 0.15) is 24.5 Å². The SMILES string of the molecule is CCNC(=O)OCc1cccc(NC(=O)NC2CCN(c3ccc(C(=N)N)cc3)C2=O)c1. The van der Waals surface area contributed by atoms with Crippen LogP contribution < -0.4 is 26.6 Å². The summed E-state index contributed by atoms with van der Waals surface area (Å²) in [7, 11) is 0. The average molecular weight is 438 g/mol. The monoisotopic (exact) mass is 438 g/mol. The van der Waals surface area contributed by atoms with E-state index in [0.29, 0.717) is 42.0 Å². The number of carbonyl (C=O) groups excluding carboxylic acids is 3. The highest BCUT2D eigenvalue weighted by Crippen LogP contribution is 2.22. The molecule has 0 aliphatic carbocycles. The molecule has 1 saturated heterocycles. The summed E-state index contributed by atoms with van der Waals surface area (Å²) < 4.78 is 5.08. The lowest BCUT2D eigenvalue weighted by molar-refractivity contribution is -0.118. The van der Waals surface area contributed by atoms with Gasteiger partial charge in [0, 0.05) is 30.0 Å². The highest BCUT2D eigenvalue weighted by molar-refractivity contribution is 6.03. The summed E-state index contributed by atoms with van der Waals surface area (Å²) in [5.74, 6) is -0.250. The molecular weight excluding hydrogens is 412 g/mol. The van der Waals surface area contributed by atoms with Gasteiger partial charge in [-0.15, -0.1) is 0 Å². The zero-order valence-electron chi connectivity index (χ0n) is 17.7. The predicted molar refractivity (Wildman–Crippen MR) is 121 cm³/mol.